The molecule has 0 aromatic heterocycles. The molecule has 3 aliphatic rings. The fourth-order valence-electron chi connectivity index (χ4n) is 5.28. The van der Waals surface area contributed by atoms with Crippen molar-refractivity contribution in [2.24, 2.45) is 0 Å². The van der Waals surface area contributed by atoms with Crippen LogP contribution in [0.4, 0.5) is 0 Å². The Bertz CT molecular complexity index is 1290. The molecule has 0 radical (unpaired) electrons. The smallest absolute Gasteiger partial charge is 0.333 e. The van der Waals surface area contributed by atoms with Crippen molar-refractivity contribution >= 4 is 17.9 Å². The maximum absolute atomic E-state index is 12.6. The van der Waals surface area contributed by atoms with Crippen LogP contribution in [0.5, 0.6) is 0 Å². The normalized spacial score (nSPS) is 35.4. The first kappa shape index (κ1) is 45.4. The summed E-state index contributed by atoms with van der Waals surface area (Å²) in [6.07, 6.45) is -21.8. The van der Waals surface area contributed by atoms with E-state index in [0.717, 1.165) is 0 Å². The molecule has 21 heteroatoms. The lowest BCUT2D eigenvalue weighted by Crippen LogP contribution is -2.59. The molecule has 308 valence electrons. The van der Waals surface area contributed by atoms with Crippen molar-refractivity contribution in [3.8, 4) is 0 Å². The Balaban J connectivity index is 1.39. The molecule has 54 heavy (non-hydrogen) atoms. The minimum absolute atomic E-state index is 0.000700. The Morgan fingerprint density at radius 1 is 0.556 bits per heavy atom. The highest BCUT2D eigenvalue weighted by Gasteiger charge is 2.46. The largest absolute Gasteiger partial charge is 0.459 e. The zero-order chi connectivity index (χ0) is 40.3. The Morgan fingerprint density at radius 2 is 1.00 bits per heavy atom. The topological polar surface area (TPSA) is 327 Å². The van der Waals surface area contributed by atoms with Crippen molar-refractivity contribution in [3.63, 3.8) is 0 Å². The van der Waals surface area contributed by atoms with E-state index in [0.29, 0.717) is 0 Å². The Kier molecular flexibility index (Phi) is 18.0. The van der Waals surface area contributed by atoms with Crippen LogP contribution in [0.3, 0.4) is 0 Å². The summed E-state index contributed by atoms with van der Waals surface area (Å²) in [6, 6.07) is 0. The molecule has 3 rings (SSSR count). The molecule has 3 fully saturated rings. The van der Waals surface area contributed by atoms with Gasteiger partial charge in [0.05, 0.1) is 26.4 Å². The van der Waals surface area contributed by atoms with Gasteiger partial charge in [0.15, 0.2) is 18.7 Å². The van der Waals surface area contributed by atoms with E-state index in [-0.39, 0.29) is 62.4 Å². The Hall–Kier alpha value is -2.97. The minimum Gasteiger partial charge on any atom is -0.459 e. The number of hydrogen-bond acceptors (Lipinski definition) is 21. The SMILES string of the molecule is C=C(CCO)C(=O)OCC1OCC(OC(=O)C(=C)CCOC2OC(COC(=O)C(=C)CCOC3OC(CO)C(O)C(O)C3O)C(O)C(O)C2O)C(O)C1O. The van der Waals surface area contributed by atoms with Crippen molar-refractivity contribution in [2.75, 3.05) is 46.2 Å². The highest BCUT2D eigenvalue weighted by molar-refractivity contribution is 5.88. The quantitative estimate of drug-likeness (QED) is 0.0332. The van der Waals surface area contributed by atoms with Crippen LogP contribution in [-0.4, -0.2) is 201 Å². The molecular formula is C33H50O21. The summed E-state index contributed by atoms with van der Waals surface area (Å²) < 4.78 is 42.1. The predicted octanol–water partition coefficient (Wildman–Crippen LogP) is -5.42. The molecule has 0 aliphatic carbocycles. The number of aliphatic hydroxyl groups is 10. The van der Waals surface area contributed by atoms with Gasteiger partial charge in [0.25, 0.3) is 0 Å². The molecule has 0 saturated carbocycles. The second-order valence-corrected chi connectivity index (χ2v) is 12.7. The third-order valence-electron chi connectivity index (χ3n) is 8.77. The number of carbonyl (C=O) groups excluding carboxylic acids is 3. The van der Waals surface area contributed by atoms with Crippen molar-refractivity contribution in [1.29, 1.82) is 0 Å². The molecule has 0 aromatic carbocycles. The monoisotopic (exact) mass is 782 g/mol. The zero-order valence-electron chi connectivity index (χ0n) is 29.2. The highest BCUT2D eigenvalue weighted by Crippen LogP contribution is 2.25. The van der Waals surface area contributed by atoms with Gasteiger partial charge in [-0.05, 0) is 0 Å². The molecule has 0 spiro atoms. The summed E-state index contributed by atoms with van der Waals surface area (Å²) in [5.41, 5.74) is -0.299. The van der Waals surface area contributed by atoms with Gasteiger partial charge in [0.1, 0.15) is 80.4 Å². The molecular weight excluding hydrogens is 732 g/mol. The molecule has 14 atom stereocenters. The first-order valence-corrected chi connectivity index (χ1v) is 16.9. The molecule has 0 amide bonds. The standard InChI is InChI=1S/C33H50O21/c1-14(4-7-34)29(44)50-11-18-22(37)23(38)19(12-49-18)52-31(46)16(3)6-9-48-33-28(43)26(41)24(39)20(54-33)13-51-30(45)15(2)5-8-47-32-27(42)25(40)21(36)17(10-35)53-32/h17-28,32-43H,1-13H2. The van der Waals surface area contributed by atoms with Gasteiger partial charge in [-0.15, -0.1) is 0 Å². The molecule has 0 aromatic rings. The van der Waals surface area contributed by atoms with E-state index in [1.165, 1.54) is 0 Å². The maximum atomic E-state index is 12.6. The maximum Gasteiger partial charge on any atom is 0.333 e. The van der Waals surface area contributed by atoms with Crippen LogP contribution in [-0.2, 0) is 52.3 Å². The van der Waals surface area contributed by atoms with E-state index in [1.807, 2.05) is 0 Å². The molecule has 10 N–H and O–H groups in total. The van der Waals surface area contributed by atoms with Crippen LogP contribution in [0.2, 0.25) is 0 Å². The average molecular weight is 783 g/mol. The Morgan fingerprint density at radius 3 is 1.52 bits per heavy atom. The van der Waals surface area contributed by atoms with Crippen molar-refractivity contribution in [1.82, 2.24) is 0 Å². The van der Waals surface area contributed by atoms with Crippen LogP contribution in [0.25, 0.3) is 0 Å². The van der Waals surface area contributed by atoms with Gasteiger partial charge in [-0.25, -0.2) is 14.4 Å². The average Bonchev–Trinajstić information content (AvgIpc) is 3.15. The van der Waals surface area contributed by atoms with Gasteiger partial charge in [-0.2, -0.15) is 0 Å². The number of esters is 3. The van der Waals surface area contributed by atoms with E-state index in [2.05, 4.69) is 19.7 Å². The van der Waals surface area contributed by atoms with E-state index in [9.17, 15) is 60.3 Å². The molecule has 3 heterocycles. The van der Waals surface area contributed by atoms with Crippen LogP contribution in [0.1, 0.15) is 19.3 Å². The third kappa shape index (κ3) is 12.0. The summed E-state index contributed by atoms with van der Waals surface area (Å²) in [7, 11) is 0. The lowest BCUT2D eigenvalue weighted by atomic mass is 9.99. The molecule has 3 saturated heterocycles. The first-order valence-electron chi connectivity index (χ1n) is 16.9. The summed E-state index contributed by atoms with van der Waals surface area (Å²) in [5.74, 6) is -2.78. The second-order valence-electron chi connectivity index (χ2n) is 12.7. The van der Waals surface area contributed by atoms with Gasteiger partial charge < -0.3 is 89.0 Å². The van der Waals surface area contributed by atoms with E-state index >= 15 is 0 Å². The number of ether oxygens (including phenoxy) is 8. The van der Waals surface area contributed by atoms with E-state index in [1.54, 1.807) is 0 Å². The van der Waals surface area contributed by atoms with Gasteiger partial charge in [0, 0.05) is 42.6 Å². The van der Waals surface area contributed by atoms with Gasteiger partial charge in [0.2, 0.25) is 0 Å². The van der Waals surface area contributed by atoms with Crippen molar-refractivity contribution in [2.45, 2.75) is 105 Å². The zero-order valence-corrected chi connectivity index (χ0v) is 29.2. The summed E-state index contributed by atoms with van der Waals surface area (Å²) in [6.45, 7) is 7.60. The number of rotatable bonds is 19. The van der Waals surface area contributed by atoms with Crippen LogP contribution < -0.4 is 0 Å². The van der Waals surface area contributed by atoms with Crippen LogP contribution in [0.15, 0.2) is 36.5 Å². The summed E-state index contributed by atoms with van der Waals surface area (Å²) >= 11 is 0. The lowest BCUT2D eigenvalue weighted by Gasteiger charge is -2.40. The highest BCUT2D eigenvalue weighted by atomic mass is 16.7. The van der Waals surface area contributed by atoms with Gasteiger partial charge in [-0.3, -0.25) is 0 Å². The van der Waals surface area contributed by atoms with Crippen molar-refractivity contribution < 1.29 is 103 Å². The fraction of sp³-hybridized carbons (Fsp3) is 0.727. The Labute approximate surface area is 309 Å². The van der Waals surface area contributed by atoms with Crippen LogP contribution >= 0.6 is 0 Å². The van der Waals surface area contributed by atoms with Gasteiger partial charge >= 0.3 is 17.9 Å². The summed E-state index contributed by atoms with van der Waals surface area (Å²) in [4.78, 5) is 37.0. The fourth-order valence-corrected chi connectivity index (χ4v) is 5.28. The lowest BCUT2D eigenvalue weighted by molar-refractivity contribution is -0.301. The van der Waals surface area contributed by atoms with Crippen molar-refractivity contribution in [3.05, 3.63) is 36.5 Å². The van der Waals surface area contributed by atoms with Gasteiger partial charge in [-0.1, -0.05) is 19.7 Å². The van der Waals surface area contributed by atoms with Crippen LogP contribution in [0, 0.1) is 0 Å². The molecule has 21 nitrogen and oxygen atoms in total. The minimum atomic E-state index is -1.80. The molecule has 0 bridgehead atoms. The second kappa shape index (κ2) is 21.4. The molecule has 3 aliphatic heterocycles. The third-order valence-corrected chi connectivity index (χ3v) is 8.77. The van der Waals surface area contributed by atoms with E-state index in [4.69, 9.17) is 43.0 Å². The number of carbonyl (C=O) groups is 3. The summed E-state index contributed by atoms with van der Waals surface area (Å²) in [5, 5.41) is 99.9. The predicted molar refractivity (Wildman–Crippen MR) is 174 cm³/mol. The number of hydrogen-bond donors (Lipinski definition) is 10. The van der Waals surface area contributed by atoms with E-state index < -0.39 is 124 Å². The first-order chi connectivity index (χ1) is 25.5. The number of aliphatic hydroxyl groups excluding tert-OH is 10. The molecule has 14 unspecified atom stereocenters.